The van der Waals surface area contributed by atoms with Gasteiger partial charge in [0.05, 0.1) is 5.69 Å². The molecule has 0 unspecified atom stereocenters. The van der Waals surface area contributed by atoms with Crippen LogP contribution < -0.4 is 4.90 Å². The standard InChI is InChI=1S/C13H14IN3/c1-9-8-10(2)16-13(15-9)17(3)12-7-5-4-6-11(12)14/h4-8H,1-3H3. The van der Waals surface area contributed by atoms with Crippen LogP contribution in [0.5, 0.6) is 0 Å². The smallest absolute Gasteiger partial charge is 0.230 e. The van der Waals surface area contributed by atoms with Crippen LogP contribution in [0.1, 0.15) is 11.4 Å². The Balaban J connectivity index is 2.43. The lowest BCUT2D eigenvalue weighted by atomic mass is 10.3. The normalized spacial score (nSPS) is 10.4. The summed E-state index contributed by atoms with van der Waals surface area (Å²) in [5, 5.41) is 0. The van der Waals surface area contributed by atoms with E-state index >= 15 is 0 Å². The van der Waals surface area contributed by atoms with Gasteiger partial charge >= 0.3 is 0 Å². The van der Waals surface area contributed by atoms with Gasteiger partial charge in [-0.15, -0.1) is 0 Å². The summed E-state index contributed by atoms with van der Waals surface area (Å²) in [6.45, 7) is 3.98. The van der Waals surface area contributed by atoms with E-state index in [1.807, 2.05) is 44.0 Å². The summed E-state index contributed by atoms with van der Waals surface area (Å²) in [7, 11) is 1.99. The molecule has 1 aromatic heterocycles. The van der Waals surface area contributed by atoms with Gasteiger partial charge in [-0.25, -0.2) is 9.97 Å². The van der Waals surface area contributed by atoms with E-state index in [4.69, 9.17) is 0 Å². The molecule has 2 aromatic rings. The summed E-state index contributed by atoms with van der Waals surface area (Å²) in [5.41, 5.74) is 3.11. The maximum atomic E-state index is 4.46. The van der Waals surface area contributed by atoms with Crippen molar-refractivity contribution in [3.63, 3.8) is 0 Å². The molecule has 0 aliphatic heterocycles. The third-order valence-electron chi connectivity index (χ3n) is 2.48. The minimum atomic E-state index is 0.742. The molecule has 0 N–H and O–H groups in total. The Morgan fingerprint density at radius 2 is 1.65 bits per heavy atom. The van der Waals surface area contributed by atoms with Crippen molar-refractivity contribution in [2.24, 2.45) is 0 Å². The molecule has 4 heteroatoms. The minimum absolute atomic E-state index is 0.742. The van der Waals surface area contributed by atoms with Gasteiger partial charge in [0.2, 0.25) is 5.95 Å². The van der Waals surface area contributed by atoms with E-state index in [2.05, 4.69) is 44.7 Å². The first-order valence-electron chi connectivity index (χ1n) is 5.38. The van der Waals surface area contributed by atoms with Crippen molar-refractivity contribution in [3.8, 4) is 0 Å². The van der Waals surface area contributed by atoms with Gasteiger partial charge in [-0.2, -0.15) is 0 Å². The molecule has 0 saturated carbocycles. The Kier molecular flexibility index (Phi) is 3.61. The first-order chi connectivity index (χ1) is 8.08. The second kappa shape index (κ2) is 5.00. The molecule has 0 aliphatic rings. The lowest BCUT2D eigenvalue weighted by molar-refractivity contribution is 0.985. The Bertz CT molecular complexity index is 520. The van der Waals surface area contributed by atoms with Crippen LogP contribution in [-0.4, -0.2) is 17.0 Å². The van der Waals surface area contributed by atoms with Crippen molar-refractivity contribution in [1.82, 2.24) is 9.97 Å². The fraction of sp³-hybridized carbons (Fsp3) is 0.231. The van der Waals surface area contributed by atoms with Gasteiger partial charge in [0.15, 0.2) is 0 Å². The predicted molar refractivity (Wildman–Crippen MR) is 78.7 cm³/mol. The van der Waals surface area contributed by atoms with Gasteiger partial charge in [-0.05, 0) is 54.6 Å². The number of hydrogen-bond donors (Lipinski definition) is 0. The zero-order valence-corrected chi connectivity index (χ0v) is 12.3. The van der Waals surface area contributed by atoms with Crippen LogP contribution >= 0.6 is 22.6 Å². The number of aromatic nitrogens is 2. The summed E-state index contributed by atoms with van der Waals surface area (Å²) in [6, 6.07) is 10.2. The van der Waals surface area contributed by atoms with E-state index < -0.39 is 0 Å². The molecule has 3 nitrogen and oxygen atoms in total. The molecular formula is C13H14IN3. The average molecular weight is 339 g/mol. The van der Waals surface area contributed by atoms with Crippen molar-refractivity contribution in [2.75, 3.05) is 11.9 Å². The number of nitrogens with zero attached hydrogens (tertiary/aromatic N) is 3. The summed E-state index contributed by atoms with van der Waals surface area (Å²) in [5.74, 6) is 0.742. The molecule has 0 bridgehead atoms. The van der Waals surface area contributed by atoms with Gasteiger partial charge in [-0.1, -0.05) is 12.1 Å². The van der Waals surface area contributed by atoms with E-state index in [9.17, 15) is 0 Å². The SMILES string of the molecule is Cc1cc(C)nc(N(C)c2ccccc2I)n1. The molecule has 88 valence electrons. The van der Waals surface area contributed by atoms with Crippen LogP contribution in [0, 0.1) is 17.4 Å². The lowest BCUT2D eigenvalue weighted by Gasteiger charge is -2.19. The Morgan fingerprint density at radius 1 is 1.06 bits per heavy atom. The molecule has 0 saturated heterocycles. The highest BCUT2D eigenvalue weighted by atomic mass is 127. The largest absolute Gasteiger partial charge is 0.313 e. The first kappa shape index (κ1) is 12.3. The second-order valence-electron chi connectivity index (χ2n) is 3.96. The van der Waals surface area contributed by atoms with E-state index in [1.165, 1.54) is 3.57 Å². The molecule has 0 atom stereocenters. The van der Waals surface area contributed by atoms with Crippen LogP contribution in [-0.2, 0) is 0 Å². The van der Waals surface area contributed by atoms with Crippen molar-refractivity contribution in [2.45, 2.75) is 13.8 Å². The highest BCUT2D eigenvalue weighted by molar-refractivity contribution is 14.1. The molecule has 17 heavy (non-hydrogen) atoms. The van der Waals surface area contributed by atoms with Gasteiger partial charge < -0.3 is 4.90 Å². The van der Waals surface area contributed by atoms with Gasteiger partial charge in [0.25, 0.3) is 0 Å². The van der Waals surface area contributed by atoms with E-state index in [0.29, 0.717) is 0 Å². The van der Waals surface area contributed by atoms with E-state index in [0.717, 1.165) is 23.0 Å². The fourth-order valence-electron chi connectivity index (χ4n) is 1.69. The Morgan fingerprint density at radius 3 is 2.24 bits per heavy atom. The molecule has 0 spiro atoms. The van der Waals surface area contributed by atoms with Gasteiger partial charge in [0, 0.05) is 22.0 Å². The molecule has 0 amide bonds. The van der Waals surface area contributed by atoms with Gasteiger partial charge in [0.1, 0.15) is 0 Å². The Labute approximate surface area is 115 Å². The van der Waals surface area contributed by atoms with Crippen LogP contribution in [0.15, 0.2) is 30.3 Å². The van der Waals surface area contributed by atoms with Crippen LogP contribution in [0.2, 0.25) is 0 Å². The van der Waals surface area contributed by atoms with Crippen molar-refractivity contribution >= 4 is 34.2 Å². The summed E-state index contributed by atoms with van der Waals surface area (Å²) in [6.07, 6.45) is 0. The monoisotopic (exact) mass is 339 g/mol. The fourth-order valence-corrected chi connectivity index (χ4v) is 2.44. The lowest BCUT2D eigenvalue weighted by Crippen LogP contribution is -2.15. The molecule has 1 aromatic carbocycles. The van der Waals surface area contributed by atoms with Crippen molar-refractivity contribution in [1.29, 1.82) is 0 Å². The third-order valence-corrected chi connectivity index (χ3v) is 3.40. The second-order valence-corrected chi connectivity index (χ2v) is 5.12. The third kappa shape index (κ3) is 2.74. The van der Waals surface area contributed by atoms with Crippen LogP contribution in [0.25, 0.3) is 0 Å². The zero-order chi connectivity index (χ0) is 12.4. The molecular weight excluding hydrogens is 325 g/mol. The number of hydrogen-bond acceptors (Lipinski definition) is 3. The highest BCUT2D eigenvalue weighted by Crippen LogP contribution is 2.25. The number of benzene rings is 1. The van der Waals surface area contributed by atoms with Gasteiger partial charge in [-0.3, -0.25) is 0 Å². The van der Waals surface area contributed by atoms with E-state index in [1.54, 1.807) is 0 Å². The number of rotatable bonds is 2. The average Bonchev–Trinajstić information content (AvgIpc) is 2.27. The Hall–Kier alpha value is -1.17. The molecule has 0 radical (unpaired) electrons. The molecule has 0 aliphatic carbocycles. The number of aryl methyl sites for hydroxylation is 2. The van der Waals surface area contributed by atoms with Crippen molar-refractivity contribution in [3.05, 3.63) is 45.3 Å². The van der Waals surface area contributed by atoms with E-state index in [-0.39, 0.29) is 0 Å². The van der Waals surface area contributed by atoms with Crippen LogP contribution in [0.3, 0.4) is 0 Å². The zero-order valence-electron chi connectivity index (χ0n) is 10.1. The highest BCUT2D eigenvalue weighted by Gasteiger charge is 2.10. The summed E-state index contributed by atoms with van der Waals surface area (Å²) >= 11 is 2.32. The molecule has 1 heterocycles. The predicted octanol–water partition coefficient (Wildman–Crippen LogP) is 3.47. The molecule has 0 fully saturated rings. The van der Waals surface area contributed by atoms with Crippen molar-refractivity contribution < 1.29 is 0 Å². The number of anilines is 2. The first-order valence-corrected chi connectivity index (χ1v) is 6.46. The maximum Gasteiger partial charge on any atom is 0.230 e. The number of halogens is 1. The quantitative estimate of drug-likeness (QED) is 0.785. The maximum absolute atomic E-state index is 4.46. The number of para-hydroxylation sites is 1. The minimum Gasteiger partial charge on any atom is -0.313 e. The van der Waals surface area contributed by atoms with Crippen LogP contribution in [0.4, 0.5) is 11.6 Å². The topological polar surface area (TPSA) is 29.0 Å². The summed E-state index contributed by atoms with van der Waals surface area (Å²) in [4.78, 5) is 10.9. The molecule has 2 rings (SSSR count). The summed E-state index contributed by atoms with van der Waals surface area (Å²) < 4.78 is 1.19.